The molecule has 3 atom stereocenters. The third-order valence-electron chi connectivity index (χ3n) is 3.42. The molecule has 5 nitrogen and oxygen atoms in total. The van der Waals surface area contributed by atoms with Gasteiger partial charge in [0.25, 0.3) is 0 Å². The second kappa shape index (κ2) is 8.64. The average molecular weight is 295 g/mol. The SMILES string of the molecule is CCOc1ccc(C(O)C(CC(=O)O)NC(C)CC)cc1. The van der Waals surface area contributed by atoms with Crippen molar-refractivity contribution in [3.8, 4) is 5.75 Å². The summed E-state index contributed by atoms with van der Waals surface area (Å²) < 4.78 is 5.36. The molecule has 118 valence electrons. The number of carboxylic acids is 1. The maximum atomic E-state index is 11.0. The van der Waals surface area contributed by atoms with Crippen LogP contribution in [0.2, 0.25) is 0 Å². The van der Waals surface area contributed by atoms with Gasteiger partial charge < -0.3 is 20.3 Å². The highest BCUT2D eigenvalue weighted by Gasteiger charge is 2.24. The van der Waals surface area contributed by atoms with Gasteiger partial charge in [0.05, 0.1) is 19.1 Å². The second-order valence-electron chi connectivity index (χ2n) is 5.13. The van der Waals surface area contributed by atoms with E-state index in [2.05, 4.69) is 5.32 Å². The molecule has 3 N–H and O–H groups in total. The van der Waals surface area contributed by atoms with Crippen molar-refractivity contribution in [3.63, 3.8) is 0 Å². The molecule has 21 heavy (non-hydrogen) atoms. The highest BCUT2D eigenvalue weighted by atomic mass is 16.5. The van der Waals surface area contributed by atoms with Gasteiger partial charge in [0, 0.05) is 12.1 Å². The lowest BCUT2D eigenvalue weighted by Gasteiger charge is -2.26. The molecule has 0 saturated heterocycles. The lowest BCUT2D eigenvalue weighted by molar-refractivity contribution is -0.138. The highest BCUT2D eigenvalue weighted by Crippen LogP contribution is 2.22. The minimum absolute atomic E-state index is 0.126. The largest absolute Gasteiger partial charge is 0.494 e. The van der Waals surface area contributed by atoms with E-state index in [1.807, 2.05) is 20.8 Å². The van der Waals surface area contributed by atoms with E-state index < -0.39 is 18.1 Å². The van der Waals surface area contributed by atoms with Crippen LogP contribution in [0, 0.1) is 0 Å². The average Bonchev–Trinajstić information content (AvgIpc) is 2.46. The summed E-state index contributed by atoms with van der Waals surface area (Å²) in [4.78, 5) is 11.0. The summed E-state index contributed by atoms with van der Waals surface area (Å²) in [5, 5.41) is 22.6. The van der Waals surface area contributed by atoms with Crippen LogP contribution in [0.15, 0.2) is 24.3 Å². The summed E-state index contributed by atoms with van der Waals surface area (Å²) in [5.41, 5.74) is 0.681. The van der Waals surface area contributed by atoms with Crippen LogP contribution in [0.3, 0.4) is 0 Å². The zero-order valence-corrected chi connectivity index (χ0v) is 12.9. The molecule has 1 rings (SSSR count). The van der Waals surface area contributed by atoms with Gasteiger partial charge in [0.2, 0.25) is 0 Å². The number of nitrogens with one attached hydrogen (secondary N) is 1. The molecule has 0 amide bonds. The first-order chi connectivity index (χ1) is 9.97. The maximum Gasteiger partial charge on any atom is 0.305 e. The van der Waals surface area contributed by atoms with Crippen molar-refractivity contribution in [3.05, 3.63) is 29.8 Å². The summed E-state index contributed by atoms with van der Waals surface area (Å²) in [6, 6.07) is 6.72. The van der Waals surface area contributed by atoms with E-state index in [9.17, 15) is 9.90 Å². The van der Waals surface area contributed by atoms with Crippen molar-refractivity contribution in [1.29, 1.82) is 0 Å². The number of hydrogen-bond donors (Lipinski definition) is 3. The van der Waals surface area contributed by atoms with E-state index in [-0.39, 0.29) is 12.5 Å². The molecule has 0 aliphatic rings. The molecule has 0 heterocycles. The summed E-state index contributed by atoms with van der Waals surface area (Å²) >= 11 is 0. The quantitative estimate of drug-likeness (QED) is 0.652. The monoisotopic (exact) mass is 295 g/mol. The van der Waals surface area contributed by atoms with E-state index in [0.29, 0.717) is 12.2 Å². The van der Waals surface area contributed by atoms with Gasteiger partial charge in [-0.25, -0.2) is 0 Å². The minimum atomic E-state index is -0.930. The number of carboxylic acid groups (broad SMARTS) is 1. The lowest BCUT2D eigenvalue weighted by Crippen LogP contribution is -2.41. The fourth-order valence-corrected chi connectivity index (χ4v) is 2.09. The molecule has 5 heteroatoms. The molecule has 0 bridgehead atoms. The van der Waals surface area contributed by atoms with Gasteiger partial charge in [-0.2, -0.15) is 0 Å². The van der Waals surface area contributed by atoms with E-state index >= 15 is 0 Å². The lowest BCUT2D eigenvalue weighted by atomic mass is 9.98. The van der Waals surface area contributed by atoms with Gasteiger partial charge in [-0.15, -0.1) is 0 Å². The fourth-order valence-electron chi connectivity index (χ4n) is 2.09. The van der Waals surface area contributed by atoms with Crippen molar-refractivity contribution in [2.75, 3.05) is 6.61 Å². The molecular weight excluding hydrogens is 270 g/mol. The molecule has 0 spiro atoms. The van der Waals surface area contributed by atoms with Crippen LogP contribution < -0.4 is 10.1 Å². The van der Waals surface area contributed by atoms with Crippen LogP contribution in [0.4, 0.5) is 0 Å². The summed E-state index contributed by atoms with van der Waals surface area (Å²) in [5.74, 6) is -0.195. The Bertz CT molecular complexity index is 432. The Hall–Kier alpha value is -1.59. The van der Waals surface area contributed by atoms with Crippen molar-refractivity contribution in [2.45, 2.75) is 51.8 Å². The highest BCUT2D eigenvalue weighted by molar-refractivity contribution is 5.67. The third-order valence-corrected chi connectivity index (χ3v) is 3.42. The molecule has 1 aromatic carbocycles. The number of ether oxygens (including phenoxy) is 1. The normalized spacial score (nSPS) is 15.2. The Morgan fingerprint density at radius 1 is 1.29 bits per heavy atom. The van der Waals surface area contributed by atoms with Crippen LogP contribution in [-0.2, 0) is 4.79 Å². The van der Waals surface area contributed by atoms with Crippen molar-refractivity contribution in [1.82, 2.24) is 5.32 Å². The maximum absolute atomic E-state index is 11.0. The van der Waals surface area contributed by atoms with Crippen LogP contribution in [0.25, 0.3) is 0 Å². The minimum Gasteiger partial charge on any atom is -0.494 e. The van der Waals surface area contributed by atoms with Crippen molar-refractivity contribution >= 4 is 5.97 Å². The summed E-state index contributed by atoms with van der Waals surface area (Å²) in [7, 11) is 0. The Morgan fingerprint density at radius 3 is 2.38 bits per heavy atom. The standard InChI is InChI=1S/C16H25NO4/c1-4-11(3)17-14(10-15(18)19)16(20)12-6-8-13(9-7-12)21-5-2/h6-9,11,14,16-17,20H,4-5,10H2,1-3H3,(H,18,19). The second-order valence-corrected chi connectivity index (χ2v) is 5.13. The Balaban J connectivity index is 2.82. The smallest absolute Gasteiger partial charge is 0.305 e. The number of aliphatic hydroxyl groups excluding tert-OH is 1. The van der Waals surface area contributed by atoms with Gasteiger partial charge >= 0.3 is 5.97 Å². The third kappa shape index (κ3) is 5.73. The van der Waals surface area contributed by atoms with E-state index in [1.54, 1.807) is 24.3 Å². The van der Waals surface area contributed by atoms with Crippen LogP contribution in [0.1, 0.15) is 45.3 Å². The van der Waals surface area contributed by atoms with Crippen LogP contribution >= 0.6 is 0 Å². The number of aliphatic hydroxyl groups is 1. The van der Waals surface area contributed by atoms with E-state index in [0.717, 1.165) is 12.2 Å². The molecule has 3 unspecified atom stereocenters. The molecule has 0 aromatic heterocycles. The summed E-state index contributed by atoms with van der Waals surface area (Å²) in [6.45, 7) is 6.47. The molecule has 0 aliphatic heterocycles. The van der Waals surface area contributed by atoms with Gasteiger partial charge in [-0.3, -0.25) is 4.79 Å². The fraction of sp³-hybridized carbons (Fsp3) is 0.562. The van der Waals surface area contributed by atoms with Crippen molar-refractivity contribution in [2.24, 2.45) is 0 Å². The molecule has 0 fully saturated rings. The first-order valence-corrected chi connectivity index (χ1v) is 7.36. The van der Waals surface area contributed by atoms with Crippen LogP contribution in [0.5, 0.6) is 5.75 Å². The van der Waals surface area contributed by atoms with E-state index in [1.165, 1.54) is 0 Å². The molecule has 0 radical (unpaired) electrons. The number of hydrogen-bond acceptors (Lipinski definition) is 4. The Labute approximate surface area is 125 Å². The Kier molecular flexibility index (Phi) is 7.19. The molecule has 0 saturated carbocycles. The predicted molar refractivity (Wildman–Crippen MR) is 81.5 cm³/mol. The zero-order chi connectivity index (χ0) is 15.8. The van der Waals surface area contributed by atoms with Gasteiger partial charge in [-0.05, 0) is 38.0 Å². The topological polar surface area (TPSA) is 78.8 Å². The summed E-state index contributed by atoms with van der Waals surface area (Å²) in [6.07, 6.45) is -0.129. The number of benzene rings is 1. The number of rotatable bonds is 9. The van der Waals surface area contributed by atoms with Gasteiger partial charge in [-0.1, -0.05) is 19.1 Å². The van der Waals surface area contributed by atoms with Gasteiger partial charge in [0.1, 0.15) is 5.75 Å². The van der Waals surface area contributed by atoms with E-state index in [4.69, 9.17) is 9.84 Å². The molecular formula is C16H25NO4. The van der Waals surface area contributed by atoms with Gasteiger partial charge in [0.15, 0.2) is 0 Å². The first kappa shape index (κ1) is 17.5. The number of carbonyl (C=O) groups is 1. The zero-order valence-electron chi connectivity index (χ0n) is 12.9. The van der Waals surface area contributed by atoms with Crippen molar-refractivity contribution < 1.29 is 19.7 Å². The van der Waals surface area contributed by atoms with Crippen LogP contribution in [-0.4, -0.2) is 34.9 Å². The molecule has 1 aromatic rings. The molecule has 0 aliphatic carbocycles. The first-order valence-electron chi connectivity index (χ1n) is 7.36. The predicted octanol–water partition coefficient (Wildman–Crippen LogP) is 2.35. The number of aliphatic carboxylic acids is 1. The Morgan fingerprint density at radius 2 is 1.90 bits per heavy atom.